The Kier molecular flexibility index (Phi) is 4.70. The van der Waals surface area contributed by atoms with Gasteiger partial charge in [-0.3, -0.25) is 4.79 Å². The van der Waals surface area contributed by atoms with Crippen molar-refractivity contribution >= 4 is 17.5 Å². The number of carbonyl (C=O) groups excluding carboxylic acids is 1. The van der Waals surface area contributed by atoms with Gasteiger partial charge in [-0.15, -0.1) is 11.6 Å². The molecule has 2 atom stereocenters. The van der Waals surface area contributed by atoms with Gasteiger partial charge >= 0.3 is 0 Å². The third-order valence-electron chi connectivity index (χ3n) is 3.66. The largest absolute Gasteiger partial charge is 0.456 e. The molecule has 1 aliphatic rings. The molecule has 1 aromatic rings. The van der Waals surface area contributed by atoms with Crippen LogP contribution in [0, 0.1) is 5.92 Å². The molecule has 2 unspecified atom stereocenters. The molecule has 1 saturated carbocycles. The number of nitrogens with one attached hydrogen (secondary N) is 1. The highest BCUT2D eigenvalue weighted by molar-refractivity contribution is 6.18. The van der Waals surface area contributed by atoms with Crippen molar-refractivity contribution < 1.29 is 9.21 Å². The van der Waals surface area contributed by atoms with Gasteiger partial charge < -0.3 is 9.73 Å². The fraction of sp³-hybridized carbons (Fsp3) is 0.643. The maximum Gasteiger partial charge on any atom is 0.287 e. The second-order valence-corrected chi connectivity index (χ2v) is 5.21. The van der Waals surface area contributed by atoms with Crippen molar-refractivity contribution in [1.82, 2.24) is 5.32 Å². The molecule has 1 N–H and O–H groups in total. The van der Waals surface area contributed by atoms with Gasteiger partial charge in [0.15, 0.2) is 5.76 Å². The first-order chi connectivity index (χ1) is 8.74. The van der Waals surface area contributed by atoms with Crippen molar-refractivity contribution in [2.45, 2.75) is 45.1 Å². The average Bonchev–Trinajstić information content (AvgIpc) is 2.88. The monoisotopic (exact) mass is 269 g/mol. The summed E-state index contributed by atoms with van der Waals surface area (Å²) in [5.74, 6) is 2.15. The van der Waals surface area contributed by atoms with Crippen LogP contribution in [0.4, 0.5) is 0 Å². The van der Waals surface area contributed by atoms with Gasteiger partial charge in [-0.05, 0) is 30.9 Å². The predicted octanol–water partition coefficient (Wildman–Crippen LogP) is 3.37. The van der Waals surface area contributed by atoms with Crippen molar-refractivity contribution in [3.63, 3.8) is 0 Å². The van der Waals surface area contributed by atoms with E-state index < -0.39 is 0 Å². The van der Waals surface area contributed by atoms with Crippen LogP contribution in [-0.4, -0.2) is 17.8 Å². The normalized spacial score (nSPS) is 23.9. The maximum absolute atomic E-state index is 12.1. The molecule has 3 nitrogen and oxygen atoms in total. The van der Waals surface area contributed by atoms with E-state index in [1.807, 2.05) is 13.0 Å². The molecule has 0 aromatic carbocycles. The summed E-state index contributed by atoms with van der Waals surface area (Å²) in [6.45, 7) is 2.01. The van der Waals surface area contributed by atoms with Crippen LogP contribution >= 0.6 is 11.6 Å². The average molecular weight is 270 g/mol. The topological polar surface area (TPSA) is 42.2 Å². The molecular formula is C14H20ClNO2. The molecule has 1 aliphatic carbocycles. The first-order valence-electron chi connectivity index (χ1n) is 6.70. The zero-order valence-electron chi connectivity index (χ0n) is 10.7. The quantitative estimate of drug-likeness (QED) is 0.852. The van der Waals surface area contributed by atoms with E-state index in [4.69, 9.17) is 16.0 Å². The van der Waals surface area contributed by atoms with Crippen LogP contribution in [0.1, 0.15) is 48.9 Å². The Bertz CT molecular complexity index is 402. The van der Waals surface area contributed by atoms with Gasteiger partial charge in [-0.2, -0.15) is 0 Å². The minimum absolute atomic E-state index is 0.114. The van der Waals surface area contributed by atoms with Crippen LogP contribution in [0.25, 0.3) is 0 Å². The van der Waals surface area contributed by atoms with Gasteiger partial charge in [-0.1, -0.05) is 19.8 Å². The summed E-state index contributed by atoms with van der Waals surface area (Å²) >= 11 is 5.96. The van der Waals surface area contributed by atoms with Crippen LogP contribution in [0.3, 0.4) is 0 Å². The first kappa shape index (κ1) is 13.5. The fourth-order valence-electron chi connectivity index (χ4n) is 2.51. The van der Waals surface area contributed by atoms with E-state index >= 15 is 0 Å². The molecular weight excluding hydrogens is 250 g/mol. The zero-order chi connectivity index (χ0) is 13.0. The molecule has 0 radical (unpaired) electrons. The van der Waals surface area contributed by atoms with Crippen LogP contribution in [0.15, 0.2) is 16.5 Å². The third-order valence-corrected chi connectivity index (χ3v) is 4.05. The Balaban J connectivity index is 1.97. The third kappa shape index (κ3) is 3.08. The Hall–Kier alpha value is -0.960. The van der Waals surface area contributed by atoms with E-state index in [1.165, 1.54) is 6.42 Å². The number of rotatable bonds is 4. The Morgan fingerprint density at radius 3 is 2.89 bits per heavy atom. The highest BCUT2D eigenvalue weighted by Gasteiger charge is 2.26. The highest BCUT2D eigenvalue weighted by Crippen LogP contribution is 2.25. The van der Waals surface area contributed by atoms with E-state index in [2.05, 4.69) is 5.32 Å². The minimum atomic E-state index is -0.114. The van der Waals surface area contributed by atoms with E-state index in [0.29, 0.717) is 17.6 Å². The van der Waals surface area contributed by atoms with E-state index in [1.54, 1.807) is 6.07 Å². The maximum atomic E-state index is 12.1. The lowest BCUT2D eigenvalue weighted by Gasteiger charge is -2.30. The molecule has 1 heterocycles. The number of halogens is 1. The van der Waals surface area contributed by atoms with Crippen molar-refractivity contribution in [3.05, 3.63) is 23.7 Å². The number of furan rings is 1. The second kappa shape index (κ2) is 6.28. The predicted molar refractivity (Wildman–Crippen MR) is 72.0 cm³/mol. The summed E-state index contributed by atoms with van der Waals surface area (Å²) in [5.41, 5.74) is 0. The summed E-state index contributed by atoms with van der Waals surface area (Å²) in [5, 5.41) is 3.06. The highest BCUT2D eigenvalue weighted by atomic mass is 35.5. The molecule has 1 aromatic heterocycles. The first-order valence-corrected chi connectivity index (χ1v) is 7.23. The van der Waals surface area contributed by atoms with Gasteiger partial charge in [0.05, 0.1) is 0 Å². The molecule has 0 spiro atoms. The summed E-state index contributed by atoms with van der Waals surface area (Å²) in [4.78, 5) is 12.1. The molecule has 4 heteroatoms. The Morgan fingerprint density at radius 1 is 1.44 bits per heavy atom. The number of carbonyl (C=O) groups is 1. The van der Waals surface area contributed by atoms with Crippen molar-refractivity contribution in [1.29, 1.82) is 0 Å². The van der Waals surface area contributed by atoms with Crippen LogP contribution in [-0.2, 0) is 6.42 Å². The van der Waals surface area contributed by atoms with Crippen LogP contribution in [0.2, 0.25) is 0 Å². The van der Waals surface area contributed by atoms with Gasteiger partial charge in [0, 0.05) is 18.3 Å². The number of aryl methyl sites for hydroxylation is 1. The van der Waals surface area contributed by atoms with Crippen molar-refractivity contribution in [2.24, 2.45) is 5.92 Å². The summed E-state index contributed by atoms with van der Waals surface area (Å²) < 4.78 is 5.46. The van der Waals surface area contributed by atoms with E-state index in [-0.39, 0.29) is 11.9 Å². The summed E-state index contributed by atoms with van der Waals surface area (Å²) in [6.07, 6.45) is 5.31. The summed E-state index contributed by atoms with van der Waals surface area (Å²) in [7, 11) is 0. The number of hydrogen-bond acceptors (Lipinski definition) is 2. The molecule has 100 valence electrons. The molecule has 2 rings (SSSR count). The minimum Gasteiger partial charge on any atom is -0.456 e. The standard InChI is InChI=1S/C14H20ClNO2/c1-2-11-7-8-13(18-11)14(17)16-12-6-4-3-5-10(12)9-15/h7-8,10,12H,2-6,9H2,1H3,(H,16,17). The molecule has 18 heavy (non-hydrogen) atoms. The molecule has 1 fully saturated rings. The molecule has 0 bridgehead atoms. The smallest absolute Gasteiger partial charge is 0.287 e. The fourth-order valence-corrected chi connectivity index (χ4v) is 2.88. The Morgan fingerprint density at radius 2 is 2.22 bits per heavy atom. The van der Waals surface area contributed by atoms with Gasteiger partial charge in [-0.25, -0.2) is 0 Å². The lowest BCUT2D eigenvalue weighted by Crippen LogP contribution is -2.42. The zero-order valence-corrected chi connectivity index (χ0v) is 11.5. The Labute approximate surface area is 113 Å². The van der Waals surface area contributed by atoms with Gasteiger partial charge in [0.1, 0.15) is 5.76 Å². The second-order valence-electron chi connectivity index (χ2n) is 4.90. The van der Waals surface area contributed by atoms with Crippen molar-refractivity contribution in [2.75, 3.05) is 5.88 Å². The number of hydrogen-bond donors (Lipinski definition) is 1. The SMILES string of the molecule is CCc1ccc(C(=O)NC2CCCCC2CCl)o1. The van der Waals surface area contributed by atoms with E-state index in [9.17, 15) is 4.79 Å². The van der Waals surface area contributed by atoms with Gasteiger partial charge in [0.2, 0.25) is 0 Å². The lowest BCUT2D eigenvalue weighted by molar-refractivity contribution is 0.0881. The summed E-state index contributed by atoms with van der Waals surface area (Å²) in [6, 6.07) is 3.79. The van der Waals surface area contributed by atoms with E-state index in [0.717, 1.165) is 31.4 Å². The molecule has 1 amide bonds. The van der Waals surface area contributed by atoms with Crippen LogP contribution in [0.5, 0.6) is 0 Å². The number of amides is 1. The molecule has 0 aliphatic heterocycles. The lowest BCUT2D eigenvalue weighted by atomic mass is 9.86. The number of alkyl halides is 1. The van der Waals surface area contributed by atoms with Gasteiger partial charge in [0.25, 0.3) is 5.91 Å². The molecule has 0 saturated heterocycles. The van der Waals surface area contributed by atoms with Crippen molar-refractivity contribution in [3.8, 4) is 0 Å². The van der Waals surface area contributed by atoms with Crippen LogP contribution < -0.4 is 5.32 Å².